The van der Waals surface area contributed by atoms with Crippen LogP contribution in [0.1, 0.15) is 64.0 Å². The topological polar surface area (TPSA) is 38.1 Å². The van der Waals surface area contributed by atoms with E-state index in [1.807, 2.05) is 13.8 Å². The minimum atomic E-state index is 0.470. The molecular formula is C17H30N2O. The SMILES string of the molecule is Cc1noc(C)c1C[C@H](C)N[C@H]1C[C@@H](C)CC(C)(C)C1. The van der Waals surface area contributed by atoms with Crippen molar-refractivity contribution in [1.29, 1.82) is 0 Å². The van der Waals surface area contributed by atoms with Gasteiger partial charge in [0.05, 0.1) is 5.69 Å². The van der Waals surface area contributed by atoms with E-state index in [1.54, 1.807) is 0 Å². The number of hydrogen-bond donors (Lipinski definition) is 1. The highest BCUT2D eigenvalue weighted by atomic mass is 16.5. The molecule has 1 aromatic rings. The van der Waals surface area contributed by atoms with Crippen molar-refractivity contribution >= 4 is 0 Å². The summed E-state index contributed by atoms with van der Waals surface area (Å²) in [6, 6.07) is 1.11. The molecule has 1 saturated carbocycles. The fourth-order valence-electron chi connectivity index (χ4n) is 4.03. The average Bonchev–Trinajstić information content (AvgIpc) is 2.57. The van der Waals surface area contributed by atoms with E-state index >= 15 is 0 Å². The summed E-state index contributed by atoms with van der Waals surface area (Å²) in [5, 5.41) is 7.88. The summed E-state index contributed by atoms with van der Waals surface area (Å²) in [4.78, 5) is 0. The normalized spacial score (nSPS) is 27.5. The maximum Gasteiger partial charge on any atom is 0.137 e. The molecule has 0 radical (unpaired) electrons. The van der Waals surface area contributed by atoms with Gasteiger partial charge in [-0.2, -0.15) is 0 Å². The zero-order valence-electron chi connectivity index (χ0n) is 13.9. The zero-order chi connectivity index (χ0) is 14.9. The van der Waals surface area contributed by atoms with E-state index in [1.165, 1.54) is 24.8 Å². The van der Waals surface area contributed by atoms with Crippen LogP contribution in [0.2, 0.25) is 0 Å². The second kappa shape index (κ2) is 5.88. The van der Waals surface area contributed by atoms with Crippen molar-refractivity contribution in [3.8, 4) is 0 Å². The molecule has 3 nitrogen and oxygen atoms in total. The lowest BCUT2D eigenvalue weighted by atomic mass is 9.70. The summed E-state index contributed by atoms with van der Waals surface area (Å²) >= 11 is 0. The van der Waals surface area contributed by atoms with Crippen LogP contribution in [0, 0.1) is 25.2 Å². The van der Waals surface area contributed by atoms with Crippen LogP contribution in [0.3, 0.4) is 0 Å². The minimum absolute atomic E-state index is 0.470. The van der Waals surface area contributed by atoms with Crippen molar-refractivity contribution in [3.05, 3.63) is 17.0 Å². The van der Waals surface area contributed by atoms with Crippen LogP contribution in [0.5, 0.6) is 0 Å². The first-order valence-corrected chi connectivity index (χ1v) is 7.94. The van der Waals surface area contributed by atoms with Crippen LogP contribution in [-0.2, 0) is 6.42 Å². The molecule has 20 heavy (non-hydrogen) atoms. The van der Waals surface area contributed by atoms with Crippen LogP contribution in [0.25, 0.3) is 0 Å². The van der Waals surface area contributed by atoms with Crippen LogP contribution in [-0.4, -0.2) is 17.2 Å². The third-order valence-electron chi connectivity index (χ3n) is 4.60. The Bertz CT molecular complexity index is 430. The molecule has 1 aromatic heterocycles. The average molecular weight is 278 g/mol. The van der Waals surface area contributed by atoms with E-state index in [0.29, 0.717) is 17.5 Å². The zero-order valence-corrected chi connectivity index (χ0v) is 13.9. The summed E-state index contributed by atoms with van der Waals surface area (Å²) in [6.45, 7) is 13.5. The van der Waals surface area contributed by atoms with E-state index in [0.717, 1.165) is 23.8 Å². The van der Waals surface area contributed by atoms with Crippen molar-refractivity contribution in [2.45, 2.75) is 79.3 Å². The summed E-state index contributed by atoms with van der Waals surface area (Å²) in [7, 11) is 0. The summed E-state index contributed by atoms with van der Waals surface area (Å²) in [5.74, 6) is 1.79. The van der Waals surface area contributed by atoms with E-state index in [4.69, 9.17) is 4.52 Å². The monoisotopic (exact) mass is 278 g/mol. The van der Waals surface area contributed by atoms with Gasteiger partial charge in [0.2, 0.25) is 0 Å². The second-order valence-corrected chi connectivity index (χ2v) is 7.68. The van der Waals surface area contributed by atoms with Gasteiger partial charge < -0.3 is 9.84 Å². The molecule has 0 aliphatic heterocycles. The molecule has 3 atom stereocenters. The first-order chi connectivity index (χ1) is 9.27. The van der Waals surface area contributed by atoms with Gasteiger partial charge in [-0.3, -0.25) is 0 Å². The van der Waals surface area contributed by atoms with E-state index in [9.17, 15) is 0 Å². The van der Waals surface area contributed by atoms with Gasteiger partial charge in [0.1, 0.15) is 5.76 Å². The van der Waals surface area contributed by atoms with Gasteiger partial charge in [-0.1, -0.05) is 25.9 Å². The molecule has 1 heterocycles. The molecule has 1 fully saturated rings. The van der Waals surface area contributed by atoms with Gasteiger partial charge in [-0.25, -0.2) is 0 Å². The van der Waals surface area contributed by atoms with Crippen molar-refractivity contribution in [2.24, 2.45) is 11.3 Å². The van der Waals surface area contributed by atoms with Crippen LogP contribution < -0.4 is 5.32 Å². The first kappa shape index (κ1) is 15.6. The van der Waals surface area contributed by atoms with Gasteiger partial charge in [0, 0.05) is 17.6 Å². The first-order valence-electron chi connectivity index (χ1n) is 7.94. The van der Waals surface area contributed by atoms with Gasteiger partial charge in [-0.05, 0) is 57.8 Å². The number of hydrogen-bond acceptors (Lipinski definition) is 3. The largest absolute Gasteiger partial charge is 0.361 e. The molecule has 1 aliphatic carbocycles. The molecule has 0 spiro atoms. The fourth-order valence-corrected chi connectivity index (χ4v) is 4.03. The molecule has 1 N–H and O–H groups in total. The molecule has 114 valence electrons. The van der Waals surface area contributed by atoms with Gasteiger partial charge in [-0.15, -0.1) is 0 Å². The van der Waals surface area contributed by atoms with Crippen LogP contribution in [0.4, 0.5) is 0 Å². The Kier molecular flexibility index (Phi) is 4.58. The highest BCUT2D eigenvalue weighted by Crippen LogP contribution is 2.38. The molecule has 3 heteroatoms. The maximum atomic E-state index is 5.26. The number of nitrogens with zero attached hydrogens (tertiary/aromatic N) is 1. The standard InChI is InChI=1S/C17H30N2O/c1-11-7-15(10-17(5,6)9-11)18-12(2)8-16-13(3)19-20-14(16)4/h11-12,15,18H,7-10H2,1-6H3/t11-,12+,15+/m1/s1. The van der Waals surface area contributed by atoms with Gasteiger partial charge >= 0.3 is 0 Å². The predicted molar refractivity (Wildman–Crippen MR) is 82.9 cm³/mol. The van der Waals surface area contributed by atoms with Crippen LogP contribution in [0.15, 0.2) is 4.52 Å². The quantitative estimate of drug-likeness (QED) is 0.903. The van der Waals surface area contributed by atoms with Crippen molar-refractivity contribution in [3.63, 3.8) is 0 Å². The smallest absolute Gasteiger partial charge is 0.137 e. The van der Waals surface area contributed by atoms with Gasteiger partial charge in [0.25, 0.3) is 0 Å². The highest BCUT2D eigenvalue weighted by molar-refractivity contribution is 5.21. The Balaban J connectivity index is 1.93. The highest BCUT2D eigenvalue weighted by Gasteiger charge is 2.32. The van der Waals surface area contributed by atoms with E-state index in [-0.39, 0.29) is 0 Å². The molecular weight excluding hydrogens is 248 g/mol. The maximum absolute atomic E-state index is 5.26. The Hall–Kier alpha value is -0.830. The van der Waals surface area contributed by atoms with E-state index < -0.39 is 0 Å². The van der Waals surface area contributed by atoms with Crippen LogP contribution >= 0.6 is 0 Å². The summed E-state index contributed by atoms with van der Waals surface area (Å²) < 4.78 is 5.26. The molecule has 0 bridgehead atoms. The van der Waals surface area contributed by atoms with E-state index in [2.05, 4.69) is 38.2 Å². The molecule has 2 rings (SSSR count). The molecule has 0 unspecified atom stereocenters. The molecule has 0 saturated heterocycles. The number of rotatable bonds is 4. The lowest BCUT2D eigenvalue weighted by Gasteiger charge is -2.40. The Morgan fingerprint density at radius 2 is 2.05 bits per heavy atom. The number of aryl methyl sites for hydroxylation is 2. The van der Waals surface area contributed by atoms with Crippen molar-refractivity contribution < 1.29 is 4.52 Å². The Labute approximate surface area is 123 Å². The van der Waals surface area contributed by atoms with Gasteiger partial charge in [0.15, 0.2) is 0 Å². The van der Waals surface area contributed by atoms with Crippen molar-refractivity contribution in [2.75, 3.05) is 0 Å². The lowest BCUT2D eigenvalue weighted by molar-refractivity contribution is 0.145. The summed E-state index contributed by atoms with van der Waals surface area (Å²) in [6.07, 6.45) is 4.94. The molecule has 0 amide bonds. The second-order valence-electron chi connectivity index (χ2n) is 7.68. The Morgan fingerprint density at radius 1 is 1.35 bits per heavy atom. The lowest BCUT2D eigenvalue weighted by Crippen LogP contribution is -2.44. The number of aromatic nitrogens is 1. The molecule has 1 aliphatic rings. The Morgan fingerprint density at radius 3 is 2.60 bits per heavy atom. The third kappa shape index (κ3) is 3.85. The predicted octanol–water partition coefficient (Wildman–Crippen LogP) is 4.03. The summed E-state index contributed by atoms with van der Waals surface area (Å²) in [5.41, 5.74) is 2.78. The minimum Gasteiger partial charge on any atom is -0.361 e. The molecule has 0 aromatic carbocycles. The fraction of sp³-hybridized carbons (Fsp3) is 0.824. The van der Waals surface area contributed by atoms with Crippen molar-refractivity contribution in [1.82, 2.24) is 10.5 Å². The third-order valence-corrected chi connectivity index (χ3v) is 4.60. The number of nitrogens with one attached hydrogen (secondary N) is 1.